The van der Waals surface area contributed by atoms with Crippen LogP contribution >= 0.6 is 0 Å². The van der Waals surface area contributed by atoms with Gasteiger partial charge in [-0.2, -0.15) is 0 Å². The van der Waals surface area contributed by atoms with E-state index in [0.29, 0.717) is 21.0 Å². The van der Waals surface area contributed by atoms with Crippen molar-refractivity contribution in [2.24, 2.45) is 0 Å². The number of carbonyl (C=O) groups is 1. The van der Waals surface area contributed by atoms with Gasteiger partial charge in [-0.3, -0.25) is 0 Å². The molecule has 90 valence electrons. The molecule has 5 heteroatoms. The summed E-state index contributed by atoms with van der Waals surface area (Å²) < 4.78 is 9.84. The molecule has 17 heavy (non-hydrogen) atoms. The molecule has 1 N–H and O–H groups in total. The van der Waals surface area contributed by atoms with E-state index in [-0.39, 0.29) is 6.42 Å². The molecule has 0 aliphatic carbocycles. The first kappa shape index (κ1) is 12.1. The van der Waals surface area contributed by atoms with E-state index >= 15 is 0 Å². The molecule has 0 fully saturated rings. The topological polar surface area (TPSA) is 50.4 Å². The number of methoxy groups -OCH3 is 1. The van der Waals surface area contributed by atoms with Gasteiger partial charge in [-0.1, -0.05) is 0 Å². The molecule has 0 unspecified atom stereocenters. The Hall–Kier alpha value is -1.32. The summed E-state index contributed by atoms with van der Waals surface area (Å²) in [5, 5.41) is 8.75. The van der Waals surface area contributed by atoms with Gasteiger partial charge in [0.05, 0.1) is 0 Å². The number of aryl methyl sites for hydroxylation is 2. The Morgan fingerprint density at radius 1 is 1.53 bits per heavy atom. The molecule has 1 heterocycles. The molecule has 0 bridgehead atoms. The average molecular weight is 299 g/mol. The SMILES string of the molecule is COc1ccc2[se]c(C)[n+](CCC(=O)O)c2c1. The van der Waals surface area contributed by atoms with Crippen molar-refractivity contribution >= 4 is 30.2 Å². The summed E-state index contributed by atoms with van der Waals surface area (Å²) in [6.45, 7) is 2.59. The first-order valence-corrected chi connectivity index (χ1v) is 7.02. The van der Waals surface area contributed by atoms with Crippen LogP contribution in [0.2, 0.25) is 0 Å². The molecule has 2 rings (SSSR count). The summed E-state index contributed by atoms with van der Waals surface area (Å²) in [5.74, 6) is 0.0521. The van der Waals surface area contributed by atoms with Crippen molar-refractivity contribution < 1.29 is 19.2 Å². The van der Waals surface area contributed by atoms with Crippen LogP contribution in [0, 0.1) is 6.92 Å². The van der Waals surface area contributed by atoms with Crippen molar-refractivity contribution in [2.45, 2.75) is 19.9 Å². The van der Waals surface area contributed by atoms with Crippen LogP contribution in [0.5, 0.6) is 5.75 Å². The number of aromatic nitrogens is 1. The zero-order valence-electron chi connectivity index (χ0n) is 9.77. The molecule has 0 saturated carbocycles. The number of benzene rings is 1. The standard InChI is InChI=1S/C12H13NO3Se/c1-8-13(6-5-12(14)15)10-7-9(16-2)3-4-11(10)17-8/h3-4,7H,5-6H2,1-2H3/p+1. The predicted octanol–water partition coefficient (Wildman–Crippen LogP) is 0.976. The molecule has 0 saturated heterocycles. The summed E-state index contributed by atoms with van der Waals surface area (Å²) in [7, 11) is 1.64. The van der Waals surface area contributed by atoms with Gasteiger partial charge in [0.15, 0.2) is 0 Å². The van der Waals surface area contributed by atoms with E-state index in [4.69, 9.17) is 9.84 Å². The molecule has 0 aliphatic rings. The van der Waals surface area contributed by atoms with Crippen molar-refractivity contribution in [3.05, 3.63) is 22.8 Å². The number of hydrogen-bond acceptors (Lipinski definition) is 2. The van der Waals surface area contributed by atoms with Gasteiger partial charge < -0.3 is 0 Å². The van der Waals surface area contributed by atoms with Gasteiger partial charge in [-0.05, 0) is 0 Å². The van der Waals surface area contributed by atoms with Crippen LogP contribution < -0.4 is 9.30 Å². The zero-order chi connectivity index (χ0) is 12.4. The van der Waals surface area contributed by atoms with E-state index < -0.39 is 5.97 Å². The van der Waals surface area contributed by atoms with E-state index in [1.165, 1.54) is 8.83 Å². The number of ether oxygens (including phenoxy) is 1. The molecule has 4 nitrogen and oxygen atoms in total. The van der Waals surface area contributed by atoms with Crippen LogP contribution in [-0.2, 0) is 11.3 Å². The molecule has 0 aliphatic heterocycles. The Bertz CT molecular complexity index is 562. The molecule has 0 amide bonds. The van der Waals surface area contributed by atoms with E-state index in [0.717, 1.165) is 11.3 Å². The van der Waals surface area contributed by atoms with Crippen LogP contribution in [-0.4, -0.2) is 32.7 Å². The fourth-order valence-electron chi connectivity index (χ4n) is 1.79. The van der Waals surface area contributed by atoms with Gasteiger partial charge in [0.2, 0.25) is 0 Å². The van der Waals surface area contributed by atoms with E-state index in [1.807, 2.05) is 12.1 Å². The minimum absolute atomic E-state index is 0.157. The van der Waals surface area contributed by atoms with Crippen molar-refractivity contribution in [3.8, 4) is 5.75 Å². The monoisotopic (exact) mass is 300 g/mol. The summed E-state index contributed by atoms with van der Waals surface area (Å²) in [6, 6.07) is 6.00. The molecule has 1 aromatic heterocycles. The number of carboxylic acids is 1. The Kier molecular flexibility index (Phi) is 3.50. The fraction of sp³-hybridized carbons (Fsp3) is 0.333. The third-order valence-electron chi connectivity index (χ3n) is 2.64. The van der Waals surface area contributed by atoms with Crippen molar-refractivity contribution in [2.75, 3.05) is 7.11 Å². The Morgan fingerprint density at radius 2 is 2.29 bits per heavy atom. The summed E-state index contributed by atoms with van der Waals surface area (Å²) in [6.07, 6.45) is 0.157. The molecular formula is C12H14NO3Se+. The second-order valence-corrected chi connectivity index (χ2v) is 6.34. The summed E-state index contributed by atoms with van der Waals surface area (Å²) in [5.41, 5.74) is 1.10. The molecule has 2 aromatic rings. The molecule has 1 aromatic carbocycles. The number of rotatable bonds is 4. The van der Waals surface area contributed by atoms with E-state index in [1.54, 1.807) is 7.11 Å². The maximum absolute atomic E-state index is 10.6. The Morgan fingerprint density at radius 3 is 2.94 bits per heavy atom. The van der Waals surface area contributed by atoms with Crippen LogP contribution in [0.1, 0.15) is 11.0 Å². The molecular weight excluding hydrogens is 285 g/mol. The van der Waals surface area contributed by atoms with E-state index in [9.17, 15) is 4.79 Å². The number of fused-ring (bicyclic) bond motifs is 1. The van der Waals surface area contributed by atoms with Crippen LogP contribution in [0.3, 0.4) is 0 Å². The van der Waals surface area contributed by atoms with Gasteiger partial charge in [0.25, 0.3) is 0 Å². The van der Waals surface area contributed by atoms with Crippen molar-refractivity contribution in [1.29, 1.82) is 0 Å². The Balaban J connectivity index is 2.44. The summed E-state index contributed by atoms with van der Waals surface area (Å²) in [4.78, 5) is 10.6. The van der Waals surface area contributed by atoms with Gasteiger partial charge in [0.1, 0.15) is 0 Å². The fourth-order valence-corrected chi connectivity index (χ4v) is 3.95. The second kappa shape index (κ2) is 4.90. The maximum atomic E-state index is 10.6. The molecule has 0 atom stereocenters. The Labute approximate surface area is 105 Å². The van der Waals surface area contributed by atoms with Crippen molar-refractivity contribution in [1.82, 2.24) is 0 Å². The molecule has 0 radical (unpaired) electrons. The first-order chi connectivity index (χ1) is 8.11. The summed E-state index contributed by atoms with van der Waals surface area (Å²) >= 11 is 0.306. The average Bonchev–Trinajstić information content (AvgIpc) is 2.61. The second-order valence-electron chi connectivity index (χ2n) is 3.75. The predicted molar refractivity (Wildman–Crippen MR) is 64.6 cm³/mol. The number of hydrogen-bond donors (Lipinski definition) is 1. The van der Waals surface area contributed by atoms with Crippen molar-refractivity contribution in [3.63, 3.8) is 0 Å². The minimum atomic E-state index is -0.762. The molecule has 0 spiro atoms. The third-order valence-corrected chi connectivity index (χ3v) is 4.91. The first-order valence-electron chi connectivity index (χ1n) is 5.30. The number of aliphatic carboxylic acids is 1. The van der Waals surface area contributed by atoms with Gasteiger partial charge in [-0.15, -0.1) is 0 Å². The number of carboxylic acid groups (broad SMARTS) is 1. The van der Waals surface area contributed by atoms with Crippen LogP contribution in [0.15, 0.2) is 18.2 Å². The van der Waals surface area contributed by atoms with Crippen LogP contribution in [0.4, 0.5) is 0 Å². The van der Waals surface area contributed by atoms with Crippen LogP contribution in [0.25, 0.3) is 9.78 Å². The normalized spacial score (nSPS) is 10.7. The van der Waals surface area contributed by atoms with Gasteiger partial charge in [-0.25, -0.2) is 0 Å². The van der Waals surface area contributed by atoms with Gasteiger partial charge >= 0.3 is 105 Å². The number of nitrogens with zero attached hydrogens (tertiary/aromatic N) is 1. The quantitative estimate of drug-likeness (QED) is 0.676. The third kappa shape index (κ3) is 2.51. The van der Waals surface area contributed by atoms with E-state index in [2.05, 4.69) is 17.6 Å². The zero-order valence-corrected chi connectivity index (χ0v) is 11.5. The van der Waals surface area contributed by atoms with Gasteiger partial charge in [0, 0.05) is 0 Å².